The summed E-state index contributed by atoms with van der Waals surface area (Å²) in [7, 11) is 1.03. The Hall–Kier alpha value is -7.62. The van der Waals surface area contributed by atoms with Crippen LogP contribution in [0.5, 0.6) is 11.5 Å². The van der Waals surface area contributed by atoms with Crippen molar-refractivity contribution in [3.8, 4) is 17.6 Å². The van der Waals surface area contributed by atoms with E-state index in [1.807, 2.05) is 111 Å². The van der Waals surface area contributed by atoms with Gasteiger partial charge in [0, 0.05) is 24.6 Å². The average molecular weight is 1050 g/mol. The molecule has 3 heterocycles. The molecule has 1 unspecified atom stereocenters. The number of anilines is 1. The minimum Gasteiger partial charge on any atom is -0.497 e. The number of imidazole rings is 1. The number of ether oxygens (including phenoxy) is 6. The Morgan fingerprint density at radius 2 is 1.34 bits per heavy atom. The normalized spacial score (nSPS) is 17.8. The summed E-state index contributed by atoms with van der Waals surface area (Å²) in [4.78, 5) is 55.2. The van der Waals surface area contributed by atoms with E-state index in [1.165, 1.54) is 19.6 Å². The number of esters is 2. The van der Waals surface area contributed by atoms with E-state index >= 15 is 0 Å². The molecular formula is C57H60N7O11P. The highest BCUT2D eigenvalue weighted by molar-refractivity contribution is 7.44. The van der Waals surface area contributed by atoms with Crippen LogP contribution in [0.1, 0.15) is 84.7 Å². The topological polar surface area (TPSA) is 208 Å². The van der Waals surface area contributed by atoms with Crippen LogP contribution in [-0.2, 0) is 38.4 Å². The highest BCUT2D eigenvalue weighted by Crippen LogP contribution is 2.54. The van der Waals surface area contributed by atoms with Crippen molar-refractivity contribution >= 4 is 43.4 Å². The van der Waals surface area contributed by atoms with Gasteiger partial charge in [-0.15, -0.1) is 0 Å². The van der Waals surface area contributed by atoms with Gasteiger partial charge in [-0.25, -0.2) is 24.4 Å². The predicted octanol–water partition coefficient (Wildman–Crippen LogP) is 9.82. The molecule has 1 amide bonds. The zero-order valence-electron chi connectivity index (χ0n) is 43.3. The largest absolute Gasteiger partial charge is 0.497 e. The molecule has 0 spiro atoms. The number of fused-ring (bicyclic) bond motifs is 1. The predicted molar refractivity (Wildman–Crippen MR) is 283 cm³/mol. The number of rotatable bonds is 23. The maximum Gasteiger partial charge on any atom is 0.338 e. The second-order valence-electron chi connectivity index (χ2n) is 18.3. The summed E-state index contributed by atoms with van der Waals surface area (Å²) in [5.74, 6) is -0.511. The van der Waals surface area contributed by atoms with Crippen LogP contribution >= 0.6 is 8.53 Å². The Bertz CT molecular complexity index is 3030. The van der Waals surface area contributed by atoms with Gasteiger partial charge in [0.15, 0.2) is 34.9 Å². The van der Waals surface area contributed by atoms with Crippen molar-refractivity contribution in [1.29, 1.82) is 5.26 Å². The van der Waals surface area contributed by atoms with Crippen LogP contribution in [0.2, 0.25) is 0 Å². The van der Waals surface area contributed by atoms with Gasteiger partial charge in [-0.1, -0.05) is 91.0 Å². The molecule has 0 radical (unpaired) electrons. The van der Waals surface area contributed by atoms with Crippen molar-refractivity contribution in [2.45, 2.75) is 82.8 Å². The maximum atomic E-state index is 14.3. The third-order valence-corrected chi connectivity index (χ3v) is 14.8. The lowest BCUT2D eigenvalue weighted by Crippen LogP contribution is -2.54. The van der Waals surface area contributed by atoms with E-state index in [9.17, 15) is 19.6 Å². The van der Waals surface area contributed by atoms with Gasteiger partial charge in [-0.05, 0) is 92.9 Å². The molecule has 8 rings (SSSR count). The van der Waals surface area contributed by atoms with Gasteiger partial charge < -0.3 is 42.8 Å². The summed E-state index contributed by atoms with van der Waals surface area (Å²) in [5.41, 5.74) is -0.289. The third kappa shape index (κ3) is 11.9. The second-order valence-corrected chi connectivity index (χ2v) is 19.7. The standard InChI is InChI=1S/C57H60N7O11P/c1-38(2)64(39(3)4)76(72-33-17-32-58)75-50-49(73-40(5)65)54(63-37-61-48-51(59-36-60-52(48)63)62-53(66)41-18-11-8-12-19-41)74-56(50,34-70-55(67)42-20-13-9-14-21-42)35-71-57(43-22-15-10-16-23-43,44-24-28-46(68-6)29-25-44)45-26-30-47(69-7)31-27-45/h8-16,18-31,36-39,49-50,54H,17,33-35H2,1-7H3,(H,59,60,62,66)/t49-,50-,54-,56-,76?/m1/s1. The monoisotopic (exact) mass is 1050 g/mol. The lowest BCUT2D eigenvalue weighted by atomic mass is 9.79. The molecule has 1 aliphatic rings. The number of aromatic nitrogens is 4. The highest BCUT2D eigenvalue weighted by atomic mass is 31.2. The molecule has 394 valence electrons. The van der Waals surface area contributed by atoms with Gasteiger partial charge in [0.05, 0.1) is 51.8 Å². The van der Waals surface area contributed by atoms with E-state index in [2.05, 4.69) is 21.4 Å². The third-order valence-electron chi connectivity index (χ3n) is 12.7. The van der Waals surface area contributed by atoms with Crippen LogP contribution in [0.25, 0.3) is 11.2 Å². The summed E-state index contributed by atoms with van der Waals surface area (Å²) in [5, 5.41) is 12.6. The highest BCUT2D eigenvalue weighted by Gasteiger charge is 2.62. The van der Waals surface area contributed by atoms with Crippen LogP contribution in [-0.4, -0.2) is 106 Å². The zero-order chi connectivity index (χ0) is 53.8. The van der Waals surface area contributed by atoms with Gasteiger partial charge >= 0.3 is 11.9 Å². The summed E-state index contributed by atoms with van der Waals surface area (Å²) in [6, 6.07) is 43.5. The first-order valence-electron chi connectivity index (χ1n) is 24.7. The fourth-order valence-electron chi connectivity index (χ4n) is 9.22. The fourth-order valence-corrected chi connectivity index (χ4v) is 11.0. The number of amides is 1. The van der Waals surface area contributed by atoms with E-state index in [1.54, 1.807) is 79.5 Å². The number of carbonyl (C=O) groups is 3. The molecule has 5 atom stereocenters. The number of nitrogens with zero attached hydrogens (tertiary/aromatic N) is 6. The van der Waals surface area contributed by atoms with Crippen LogP contribution in [0.4, 0.5) is 5.82 Å². The summed E-state index contributed by atoms with van der Waals surface area (Å²) >= 11 is 0. The van der Waals surface area contributed by atoms with E-state index in [-0.39, 0.29) is 47.7 Å². The maximum absolute atomic E-state index is 14.3. The number of methoxy groups -OCH3 is 2. The first-order chi connectivity index (χ1) is 36.8. The number of benzene rings is 5. The van der Waals surface area contributed by atoms with Crippen molar-refractivity contribution in [2.24, 2.45) is 0 Å². The van der Waals surface area contributed by atoms with E-state index < -0.39 is 69.2 Å². The van der Waals surface area contributed by atoms with Crippen LogP contribution in [0, 0.1) is 11.3 Å². The molecular weight excluding hydrogens is 990 g/mol. The molecule has 2 aromatic heterocycles. The molecule has 1 aliphatic heterocycles. The van der Waals surface area contributed by atoms with E-state index in [0.29, 0.717) is 33.8 Å². The minimum atomic E-state index is -2.15. The van der Waals surface area contributed by atoms with Gasteiger partial charge in [0.2, 0.25) is 0 Å². The van der Waals surface area contributed by atoms with Crippen LogP contribution in [0.3, 0.4) is 0 Å². The van der Waals surface area contributed by atoms with E-state index in [4.69, 9.17) is 42.5 Å². The molecule has 19 heteroatoms. The Morgan fingerprint density at radius 1 is 0.776 bits per heavy atom. The Kier molecular flexibility index (Phi) is 17.8. The van der Waals surface area contributed by atoms with Crippen molar-refractivity contribution in [3.05, 3.63) is 180 Å². The summed E-state index contributed by atoms with van der Waals surface area (Å²) in [6.07, 6.45) is -1.38. The molecule has 18 nitrogen and oxygen atoms in total. The van der Waals surface area contributed by atoms with Crippen molar-refractivity contribution in [3.63, 3.8) is 0 Å². The SMILES string of the molecule is COc1ccc(C(OC[C@@]2(COC(=O)c3ccccc3)O[C@@H](n3cnc4c(NC(=O)c5ccccc5)ncnc43)[C@H](OC(C)=O)[C@H]2OP(OCCC#N)N(C(C)C)C(C)C)(c2ccccc2)c2ccc(OC)cc2)cc1. The first-order valence-corrected chi connectivity index (χ1v) is 25.8. The van der Waals surface area contributed by atoms with E-state index in [0.717, 1.165) is 0 Å². The number of carbonyl (C=O) groups excluding carboxylic acids is 3. The molecule has 0 saturated carbocycles. The fraction of sp³-hybridized carbons (Fsp3) is 0.316. The summed E-state index contributed by atoms with van der Waals surface area (Å²) in [6.45, 7) is 8.26. The Morgan fingerprint density at radius 3 is 1.89 bits per heavy atom. The molecule has 0 aliphatic carbocycles. The molecule has 7 aromatic rings. The van der Waals surface area contributed by atoms with Crippen LogP contribution < -0.4 is 14.8 Å². The molecule has 1 N–H and O–H groups in total. The molecule has 1 fully saturated rings. The quantitative estimate of drug-likeness (QED) is 0.0274. The zero-order valence-corrected chi connectivity index (χ0v) is 44.2. The lowest BCUT2D eigenvalue weighted by molar-refractivity contribution is -0.175. The lowest BCUT2D eigenvalue weighted by Gasteiger charge is -2.43. The van der Waals surface area contributed by atoms with Crippen molar-refractivity contribution in [1.82, 2.24) is 24.2 Å². The molecule has 5 aromatic carbocycles. The van der Waals surface area contributed by atoms with Gasteiger partial charge in [-0.3, -0.25) is 14.2 Å². The second kappa shape index (κ2) is 24.8. The Labute approximate surface area is 442 Å². The van der Waals surface area contributed by atoms with Gasteiger partial charge in [0.25, 0.3) is 14.4 Å². The summed E-state index contributed by atoms with van der Waals surface area (Å²) < 4.78 is 56.5. The molecule has 76 heavy (non-hydrogen) atoms. The number of hydrogen-bond acceptors (Lipinski definition) is 16. The number of hydrogen-bond donors (Lipinski definition) is 1. The van der Waals surface area contributed by atoms with Gasteiger partial charge in [0.1, 0.15) is 36.1 Å². The Balaban J connectivity index is 1.36. The number of nitrogens with one attached hydrogen (secondary N) is 1. The first kappa shape index (κ1) is 54.6. The number of nitriles is 1. The smallest absolute Gasteiger partial charge is 0.338 e. The minimum absolute atomic E-state index is 0.00745. The average Bonchev–Trinajstić information content (AvgIpc) is 4.07. The van der Waals surface area contributed by atoms with Crippen LogP contribution in [0.15, 0.2) is 152 Å². The van der Waals surface area contributed by atoms with Crippen molar-refractivity contribution < 1.29 is 51.9 Å². The van der Waals surface area contributed by atoms with Gasteiger partial charge in [-0.2, -0.15) is 5.26 Å². The van der Waals surface area contributed by atoms with Crippen molar-refractivity contribution in [2.75, 3.05) is 39.4 Å². The molecule has 0 bridgehead atoms. The molecule has 1 saturated heterocycles.